The molecule has 2 amide bonds. The molecule has 2 aromatic carbocycles. The zero-order valence-electron chi connectivity index (χ0n) is 16.6. The van der Waals surface area contributed by atoms with E-state index >= 15 is 0 Å². The first-order chi connectivity index (χ1) is 14.5. The number of anilines is 2. The molecule has 8 nitrogen and oxygen atoms in total. The van der Waals surface area contributed by atoms with Gasteiger partial charge in [0.25, 0.3) is 5.91 Å². The molecule has 3 rings (SSSR count). The molecule has 1 aliphatic heterocycles. The third kappa shape index (κ3) is 5.22. The summed E-state index contributed by atoms with van der Waals surface area (Å²) in [4.78, 5) is 49.5. The van der Waals surface area contributed by atoms with Crippen molar-refractivity contribution in [1.82, 2.24) is 0 Å². The lowest BCUT2D eigenvalue weighted by Crippen LogP contribution is -2.24. The number of benzene rings is 2. The van der Waals surface area contributed by atoms with Crippen molar-refractivity contribution in [3.63, 3.8) is 0 Å². The molecule has 0 unspecified atom stereocenters. The molecule has 1 aliphatic rings. The van der Waals surface area contributed by atoms with Gasteiger partial charge in [-0.05, 0) is 55.8 Å². The first-order valence-electron chi connectivity index (χ1n) is 9.62. The molecule has 0 bridgehead atoms. The summed E-state index contributed by atoms with van der Waals surface area (Å²) in [6.45, 7) is 2.15. The maximum Gasteiger partial charge on any atom is 0.338 e. The summed E-state index contributed by atoms with van der Waals surface area (Å²) >= 11 is 0. The second kappa shape index (κ2) is 9.69. The van der Waals surface area contributed by atoms with E-state index in [9.17, 15) is 19.2 Å². The zero-order valence-corrected chi connectivity index (χ0v) is 16.6. The van der Waals surface area contributed by atoms with Crippen LogP contribution in [0.1, 0.15) is 40.5 Å². The zero-order chi connectivity index (χ0) is 21.5. The molecule has 2 aromatic rings. The van der Waals surface area contributed by atoms with Gasteiger partial charge in [0.2, 0.25) is 5.91 Å². The Morgan fingerprint density at radius 3 is 2.40 bits per heavy atom. The Morgan fingerprint density at radius 1 is 1.00 bits per heavy atom. The highest BCUT2D eigenvalue weighted by Crippen LogP contribution is 2.22. The maximum absolute atomic E-state index is 12.3. The standard InChI is InChI=1S/C22H22N2O6/c1-2-29-21(27)15-8-10-17(11-9-15)23-19(25)14-30-22(28)16-5-3-6-18(13-16)24-12-4-7-20(24)26/h3,5-6,8-11,13H,2,4,7,12,14H2,1H3,(H,23,25). The minimum Gasteiger partial charge on any atom is -0.462 e. The number of amides is 2. The highest BCUT2D eigenvalue weighted by atomic mass is 16.5. The van der Waals surface area contributed by atoms with E-state index in [0.717, 1.165) is 6.42 Å². The molecule has 156 valence electrons. The van der Waals surface area contributed by atoms with Crippen molar-refractivity contribution in [2.45, 2.75) is 19.8 Å². The van der Waals surface area contributed by atoms with Crippen LogP contribution >= 0.6 is 0 Å². The van der Waals surface area contributed by atoms with E-state index in [1.165, 1.54) is 12.1 Å². The Hall–Kier alpha value is -3.68. The highest BCUT2D eigenvalue weighted by Gasteiger charge is 2.22. The van der Waals surface area contributed by atoms with Crippen LogP contribution in [0.3, 0.4) is 0 Å². The molecule has 0 spiro atoms. The fraction of sp³-hybridized carbons (Fsp3) is 0.273. The lowest BCUT2D eigenvalue weighted by atomic mass is 10.2. The summed E-state index contributed by atoms with van der Waals surface area (Å²) < 4.78 is 9.97. The van der Waals surface area contributed by atoms with Crippen molar-refractivity contribution in [1.29, 1.82) is 0 Å². The predicted octanol–water partition coefficient (Wildman–Crippen LogP) is 2.79. The van der Waals surface area contributed by atoms with Gasteiger partial charge in [0.15, 0.2) is 6.61 Å². The van der Waals surface area contributed by atoms with Crippen molar-refractivity contribution in [3.05, 3.63) is 59.7 Å². The van der Waals surface area contributed by atoms with Crippen LogP contribution in [0.2, 0.25) is 0 Å². The van der Waals surface area contributed by atoms with Crippen molar-refractivity contribution < 1.29 is 28.7 Å². The second-order valence-electron chi connectivity index (χ2n) is 6.62. The molecule has 0 atom stereocenters. The lowest BCUT2D eigenvalue weighted by Gasteiger charge is -2.16. The maximum atomic E-state index is 12.3. The first-order valence-corrected chi connectivity index (χ1v) is 9.62. The quantitative estimate of drug-likeness (QED) is 0.705. The van der Waals surface area contributed by atoms with Gasteiger partial charge in [-0.15, -0.1) is 0 Å². The van der Waals surface area contributed by atoms with Gasteiger partial charge in [-0.2, -0.15) is 0 Å². The molecule has 1 fully saturated rings. The van der Waals surface area contributed by atoms with Crippen molar-refractivity contribution in [2.24, 2.45) is 0 Å². The van der Waals surface area contributed by atoms with Gasteiger partial charge in [0.05, 0.1) is 17.7 Å². The Balaban J connectivity index is 1.53. The fourth-order valence-corrected chi connectivity index (χ4v) is 3.04. The molecule has 8 heteroatoms. The monoisotopic (exact) mass is 410 g/mol. The van der Waals surface area contributed by atoms with Crippen LogP contribution < -0.4 is 10.2 Å². The van der Waals surface area contributed by atoms with Gasteiger partial charge in [0, 0.05) is 24.3 Å². The number of ether oxygens (including phenoxy) is 2. The van der Waals surface area contributed by atoms with Crippen LogP contribution in [-0.2, 0) is 19.1 Å². The summed E-state index contributed by atoms with van der Waals surface area (Å²) in [5.41, 5.74) is 1.73. The van der Waals surface area contributed by atoms with Gasteiger partial charge in [-0.1, -0.05) is 6.07 Å². The van der Waals surface area contributed by atoms with E-state index in [2.05, 4.69) is 5.32 Å². The third-order valence-corrected chi connectivity index (χ3v) is 4.48. The number of carbonyl (C=O) groups is 4. The smallest absolute Gasteiger partial charge is 0.338 e. The lowest BCUT2D eigenvalue weighted by molar-refractivity contribution is -0.119. The Kier molecular flexibility index (Phi) is 6.79. The molecule has 0 saturated carbocycles. The Labute approximate surface area is 173 Å². The minimum atomic E-state index is -0.656. The molecule has 0 radical (unpaired) electrons. The molecular weight excluding hydrogens is 388 g/mol. The molecule has 0 aliphatic carbocycles. The number of rotatable bonds is 7. The Bertz CT molecular complexity index is 954. The van der Waals surface area contributed by atoms with E-state index in [1.54, 1.807) is 48.2 Å². The van der Waals surface area contributed by atoms with Gasteiger partial charge in [-0.25, -0.2) is 9.59 Å². The largest absolute Gasteiger partial charge is 0.462 e. The number of hydrogen-bond acceptors (Lipinski definition) is 6. The van der Waals surface area contributed by atoms with Crippen molar-refractivity contribution in [3.8, 4) is 0 Å². The molecule has 0 aromatic heterocycles. The van der Waals surface area contributed by atoms with Gasteiger partial charge in [-0.3, -0.25) is 9.59 Å². The highest BCUT2D eigenvalue weighted by molar-refractivity contribution is 5.99. The number of esters is 2. The summed E-state index contributed by atoms with van der Waals surface area (Å²) in [6, 6.07) is 12.8. The van der Waals surface area contributed by atoms with E-state index in [-0.39, 0.29) is 18.1 Å². The number of nitrogens with one attached hydrogen (secondary N) is 1. The van der Waals surface area contributed by atoms with Crippen molar-refractivity contribution in [2.75, 3.05) is 30.0 Å². The summed E-state index contributed by atoms with van der Waals surface area (Å²) in [5, 5.41) is 2.59. The number of hydrogen-bond donors (Lipinski definition) is 1. The molecular formula is C22H22N2O6. The van der Waals surface area contributed by atoms with Crippen LogP contribution in [0.5, 0.6) is 0 Å². The van der Waals surface area contributed by atoms with E-state index in [1.807, 2.05) is 0 Å². The second-order valence-corrected chi connectivity index (χ2v) is 6.62. The number of nitrogens with zero attached hydrogens (tertiary/aromatic N) is 1. The average molecular weight is 410 g/mol. The van der Waals surface area contributed by atoms with Crippen molar-refractivity contribution >= 4 is 35.1 Å². The summed E-state index contributed by atoms with van der Waals surface area (Å²) in [7, 11) is 0. The predicted molar refractivity (Wildman–Crippen MR) is 109 cm³/mol. The normalized spacial score (nSPS) is 13.1. The summed E-state index contributed by atoms with van der Waals surface area (Å²) in [5.74, 6) is -1.59. The summed E-state index contributed by atoms with van der Waals surface area (Å²) in [6.07, 6.45) is 1.28. The molecule has 1 heterocycles. The Morgan fingerprint density at radius 2 is 1.73 bits per heavy atom. The first kappa shape index (κ1) is 21.0. The van der Waals surface area contributed by atoms with Crippen LogP contribution in [0, 0.1) is 0 Å². The minimum absolute atomic E-state index is 0.0221. The van der Waals surface area contributed by atoms with Gasteiger partial charge < -0.3 is 19.7 Å². The average Bonchev–Trinajstić information content (AvgIpc) is 3.18. The fourth-order valence-electron chi connectivity index (χ4n) is 3.04. The molecule has 1 saturated heterocycles. The van der Waals surface area contributed by atoms with E-state index in [0.29, 0.717) is 29.9 Å². The topological polar surface area (TPSA) is 102 Å². The van der Waals surface area contributed by atoms with Gasteiger partial charge >= 0.3 is 11.9 Å². The van der Waals surface area contributed by atoms with Crippen LogP contribution in [0.15, 0.2) is 48.5 Å². The van der Waals surface area contributed by atoms with E-state index < -0.39 is 24.5 Å². The molecule has 1 N–H and O–H groups in total. The van der Waals surface area contributed by atoms with E-state index in [4.69, 9.17) is 9.47 Å². The number of carbonyl (C=O) groups excluding carboxylic acids is 4. The van der Waals surface area contributed by atoms with Gasteiger partial charge in [0.1, 0.15) is 0 Å². The van der Waals surface area contributed by atoms with Crippen LogP contribution in [-0.4, -0.2) is 43.5 Å². The SMILES string of the molecule is CCOC(=O)c1ccc(NC(=O)COC(=O)c2cccc(N3CCCC3=O)c2)cc1. The molecule has 30 heavy (non-hydrogen) atoms. The van der Waals surface area contributed by atoms with Crippen LogP contribution in [0.4, 0.5) is 11.4 Å². The van der Waals surface area contributed by atoms with Crippen LogP contribution in [0.25, 0.3) is 0 Å². The third-order valence-electron chi connectivity index (χ3n) is 4.48.